The highest BCUT2D eigenvalue weighted by Gasteiger charge is 2.46. The number of anilines is 1. The summed E-state index contributed by atoms with van der Waals surface area (Å²) in [5.41, 5.74) is 0.462. The molecule has 0 radical (unpaired) electrons. The number of hydrogen-bond donors (Lipinski definition) is 2. The normalized spacial score (nSPS) is 22.3. The maximum atomic E-state index is 13.1. The fourth-order valence-corrected chi connectivity index (χ4v) is 6.05. The molecular formula is C22H23ClN6O4S2. The summed E-state index contributed by atoms with van der Waals surface area (Å²) >= 11 is 8.83. The van der Waals surface area contributed by atoms with Gasteiger partial charge in [-0.3, -0.25) is 9.59 Å². The second-order valence-electron chi connectivity index (χ2n) is 8.57. The molecule has 10 nitrogen and oxygen atoms in total. The first-order valence-electron chi connectivity index (χ1n) is 11.1. The second kappa shape index (κ2) is 9.69. The number of amides is 2. The molecule has 35 heavy (non-hydrogen) atoms. The summed E-state index contributed by atoms with van der Waals surface area (Å²) in [6.07, 6.45) is -0.0253. The van der Waals surface area contributed by atoms with E-state index in [0.29, 0.717) is 29.4 Å². The average molecular weight is 535 g/mol. The molecule has 2 aliphatic rings. The lowest BCUT2D eigenvalue weighted by molar-refractivity contribution is -0.118. The van der Waals surface area contributed by atoms with E-state index < -0.39 is 18.1 Å². The number of hydrogen-bond acceptors (Lipinski definition) is 9. The number of ketones is 1. The van der Waals surface area contributed by atoms with Crippen LogP contribution < -0.4 is 5.32 Å². The van der Waals surface area contributed by atoms with Crippen LogP contribution in [0.25, 0.3) is 0 Å². The Hall–Kier alpha value is -2.80. The third kappa shape index (κ3) is 4.70. The number of carbonyl (C=O) groups excluding carboxylic acids is 3. The number of Topliss-reactive ketones (excluding diaryl/α,β-unsaturated/α-hetero) is 1. The molecule has 2 amide bonds. The molecule has 0 saturated carbocycles. The van der Waals surface area contributed by atoms with Gasteiger partial charge in [-0.2, -0.15) is 21.0 Å². The van der Waals surface area contributed by atoms with Crippen molar-refractivity contribution in [2.24, 2.45) is 0 Å². The van der Waals surface area contributed by atoms with E-state index in [4.69, 9.17) is 11.6 Å². The van der Waals surface area contributed by atoms with Crippen molar-refractivity contribution in [3.05, 3.63) is 49.6 Å². The molecule has 0 aliphatic carbocycles. The van der Waals surface area contributed by atoms with E-state index in [1.807, 2.05) is 6.07 Å². The van der Waals surface area contributed by atoms with Crippen molar-refractivity contribution in [2.75, 3.05) is 25.0 Å². The van der Waals surface area contributed by atoms with Gasteiger partial charge in [-0.1, -0.05) is 11.6 Å². The van der Waals surface area contributed by atoms with Crippen molar-refractivity contribution in [1.29, 1.82) is 0 Å². The number of urea groups is 1. The van der Waals surface area contributed by atoms with E-state index in [1.165, 1.54) is 32.3 Å². The van der Waals surface area contributed by atoms with E-state index in [0.717, 1.165) is 4.88 Å². The Bertz CT molecular complexity index is 1260. The number of aliphatic hydroxyl groups excluding tert-OH is 1. The number of aromatic nitrogens is 3. The van der Waals surface area contributed by atoms with E-state index in [1.54, 1.807) is 34.7 Å². The van der Waals surface area contributed by atoms with Crippen LogP contribution in [0.1, 0.15) is 40.3 Å². The highest BCUT2D eigenvalue weighted by molar-refractivity contribution is 7.16. The Morgan fingerprint density at radius 2 is 2.14 bits per heavy atom. The van der Waals surface area contributed by atoms with E-state index >= 15 is 0 Å². The number of aliphatic hydroxyl groups is 1. The maximum absolute atomic E-state index is 13.1. The van der Waals surface area contributed by atoms with Crippen molar-refractivity contribution >= 4 is 57.9 Å². The maximum Gasteiger partial charge on any atom is 0.320 e. The van der Waals surface area contributed by atoms with Gasteiger partial charge in [0.2, 0.25) is 5.95 Å². The van der Waals surface area contributed by atoms with Crippen molar-refractivity contribution < 1.29 is 19.5 Å². The first kappa shape index (κ1) is 23.9. The number of nitrogens with zero attached hydrogens (tertiary/aromatic N) is 5. The molecule has 2 saturated heterocycles. The summed E-state index contributed by atoms with van der Waals surface area (Å²) < 4.78 is 1.83. The lowest BCUT2D eigenvalue weighted by Crippen LogP contribution is -2.44. The number of halogens is 1. The Morgan fingerprint density at radius 1 is 1.31 bits per heavy atom. The summed E-state index contributed by atoms with van der Waals surface area (Å²) in [7, 11) is 0. The fourth-order valence-electron chi connectivity index (χ4n) is 4.40. The zero-order valence-corrected chi connectivity index (χ0v) is 21.1. The largest absolute Gasteiger partial charge is 0.391 e. The van der Waals surface area contributed by atoms with Gasteiger partial charge < -0.3 is 20.2 Å². The molecular weight excluding hydrogens is 512 g/mol. The molecule has 0 bridgehead atoms. The van der Waals surface area contributed by atoms with Crippen LogP contribution in [0.2, 0.25) is 4.34 Å². The van der Waals surface area contributed by atoms with Crippen LogP contribution in [0.15, 0.2) is 29.0 Å². The Balaban J connectivity index is 1.41. The number of carbonyl (C=O) groups is 3. The first-order valence-corrected chi connectivity index (χ1v) is 13.2. The molecule has 0 aromatic carbocycles. The number of rotatable bonds is 5. The monoisotopic (exact) mass is 534 g/mol. The summed E-state index contributed by atoms with van der Waals surface area (Å²) in [6, 6.07) is 4.59. The van der Waals surface area contributed by atoms with Crippen LogP contribution in [0.5, 0.6) is 0 Å². The number of thiophene rings is 2. The molecule has 3 aromatic heterocycles. The lowest BCUT2D eigenvalue weighted by Gasteiger charge is -2.27. The minimum absolute atomic E-state index is 0.0687. The Kier molecular flexibility index (Phi) is 6.62. The van der Waals surface area contributed by atoms with Crippen LogP contribution >= 0.6 is 34.3 Å². The van der Waals surface area contributed by atoms with E-state index in [9.17, 15) is 19.5 Å². The summed E-state index contributed by atoms with van der Waals surface area (Å²) in [5.74, 6) is -0.918. The van der Waals surface area contributed by atoms with E-state index in [-0.39, 0.29) is 42.6 Å². The van der Waals surface area contributed by atoms with Crippen LogP contribution in [0, 0.1) is 0 Å². The van der Waals surface area contributed by atoms with Crippen molar-refractivity contribution in [3.63, 3.8) is 0 Å². The van der Waals surface area contributed by atoms with Gasteiger partial charge in [0.15, 0.2) is 11.6 Å². The van der Waals surface area contributed by atoms with Crippen molar-refractivity contribution in [3.8, 4) is 0 Å². The number of likely N-dealkylation sites (tertiary alicyclic amines) is 2. The highest BCUT2D eigenvalue weighted by atomic mass is 35.5. The number of nitrogens with one attached hydrogen (secondary N) is 1. The Labute approximate surface area is 214 Å². The van der Waals surface area contributed by atoms with Gasteiger partial charge in [0, 0.05) is 29.4 Å². The first-order chi connectivity index (χ1) is 16.8. The molecule has 0 spiro atoms. The minimum Gasteiger partial charge on any atom is -0.391 e. The van der Waals surface area contributed by atoms with Gasteiger partial charge in [-0.25, -0.2) is 4.79 Å². The molecule has 2 fully saturated rings. The quantitative estimate of drug-likeness (QED) is 0.516. The predicted octanol–water partition coefficient (Wildman–Crippen LogP) is 2.90. The van der Waals surface area contributed by atoms with Gasteiger partial charge in [0.05, 0.1) is 29.1 Å². The molecule has 5 heterocycles. The van der Waals surface area contributed by atoms with Crippen LogP contribution in [0.4, 0.5) is 10.7 Å². The molecule has 2 N–H and O–H groups in total. The third-order valence-electron chi connectivity index (χ3n) is 6.24. The summed E-state index contributed by atoms with van der Waals surface area (Å²) in [5, 5.41) is 20.9. The second-order valence-corrected chi connectivity index (χ2v) is 11.1. The minimum atomic E-state index is -0.764. The molecule has 3 aromatic rings. The average Bonchev–Trinajstić information content (AvgIpc) is 3.64. The molecule has 13 heteroatoms. The predicted molar refractivity (Wildman–Crippen MR) is 132 cm³/mol. The van der Waals surface area contributed by atoms with Gasteiger partial charge in [-0.05, 0) is 36.9 Å². The Morgan fingerprint density at radius 3 is 2.80 bits per heavy atom. The zero-order chi connectivity index (χ0) is 24.7. The smallest absolute Gasteiger partial charge is 0.320 e. The van der Waals surface area contributed by atoms with Crippen molar-refractivity contribution in [2.45, 2.75) is 38.0 Å². The molecule has 3 atom stereocenters. The summed E-state index contributed by atoms with van der Waals surface area (Å²) in [4.78, 5) is 47.7. The molecule has 3 unspecified atom stereocenters. The fraction of sp³-hybridized carbons (Fsp3) is 0.409. The van der Waals surface area contributed by atoms with Crippen molar-refractivity contribution in [1.82, 2.24) is 24.6 Å². The van der Waals surface area contributed by atoms with Crippen LogP contribution in [0.3, 0.4) is 0 Å². The lowest BCUT2D eigenvalue weighted by atomic mass is 10.0. The third-order valence-corrected chi connectivity index (χ3v) is 8.15. The SMILES string of the molecule is CC1C(c2nc(NCc3ccc(Cl)s3)n(C(=O)c3ccsc3)n2)C(=O)CN1C(=O)N1CCC(O)C1. The number of β-amino-alcohol motifs (C(OH)–C–C–N with tert-alkyl or cyclic N) is 1. The van der Waals surface area contributed by atoms with Gasteiger partial charge in [-0.15, -0.1) is 16.4 Å². The molecule has 5 rings (SSSR count). The van der Waals surface area contributed by atoms with Gasteiger partial charge >= 0.3 is 6.03 Å². The molecule has 2 aliphatic heterocycles. The van der Waals surface area contributed by atoms with E-state index in [2.05, 4.69) is 15.4 Å². The van der Waals surface area contributed by atoms with Crippen LogP contribution in [-0.4, -0.2) is 79.2 Å². The van der Waals surface area contributed by atoms with Crippen LogP contribution in [-0.2, 0) is 11.3 Å². The standard InChI is InChI=1S/C22H23ClN6O4S2/c1-12-18(16(31)10-28(12)22(33)27-6-4-14(30)9-27)19-25-21(24-8-15-2-3-17(23)35-15)29(26-19)20(32)13-5-7-34-11-13/h2-3,5,7,11-12,14,18,30H,4,6,8-10H2,1H3,(H,24,25,26). The van der Waals surface area contributed by atoms with Gasteiger partial charge in [0.1, 0.15) is 5.92 Å². The topological polar surface area (TPSA) is 121 Å². The highest BCUT2D eigenvalue weighted by Crippen LogP contribution is 2.32. The zero-order valence-electron chi connectivity index (χ0n) is 18.8. The van der Waals surface area contributed by atoms with Gasteiger partial charge in [0.25, 0.3) is 5.91 Å². The molecule has 184 valence electrons. The summed E-state index contributed by atoms with van der Waals surface area (Å²) in [6.45, 7) is 2.79.